The van der Waals surface area contributed by atoms with Crippen molar-refractivity contribution < 1.29 is 0 Å². The lowest BCUT2D eigenvalue weighted by molar-refractivity contribution is 0.231. The van der Waals surface area contributed by atoms with Crippen LogP contribution in [0.5, 0.6) is 0 Å². The average Bonchev–Trinajstić information content (AvgIpc) is 3.30. The third kappa shape index (κ3) is 2.65. The first-order chi connectivity index (χ1) is 12.8. The Labute approximate surface area is 151 Å². The average molecular weight is 347 g/mol. The number of H-pyrrole nitrogens is 1. The van der Waals surface area contributed by atoms with E-state index in [1.807, 2.05) is 10.7 Å². The fourth-order valence-electron chi connectivity index (χ4n) is 3.71. The molecule has 7 nitrogen and oxygen atoms in total. The summed E-state index contributed by atoms with van der Waals surface area (Å²) >= 11 is 0. The molecule has 0 atom stereocenters. The van der Waals surface area contributed by atoms with E-state index in [4.69, 9.17) is 0 Å². The van der Waals surface area contributed by atoms with Crippen LogP contribution in [0.25, 0.3) is 27.7 Å². The summed E-state index contributed by atoms with van der Waals surface area (Å²) in [5.41, 5.74) is 6.48. The third-order valence-corrected chi connectivity index (χ3v) is 5.12. The van der Waals surface area contributed by atoms with Crippen LogP contribution < -0.4 is 5.32 Å². The van der Waals surface area contributed by atoms with Gasteiger partial charge >= 0.3 is 0 Å². The zero-order chi connectivity index (χ0) is 17.5. The molecule has 3 aromatic heterocycles. The molecule has 0 saturated carbocycles. The van der Waals surface area contributed by atoms with Crippen molar-refractivity contribution in [1.82, 2.24) is 35.0 Å². The Morgan fingerprint density at radius 2 is 2.00 bits per heavy atom. The topological polar surface area (TPSA) is 74.1 Å². The molecule has 0 aliphatic carbocycles. The van der Waals surface area contributed by atoms with Gasteiger partial charge in [-0.15, -0.1) is 0 Å². The maximum atomic E-state index is 4.57. The van der Waals surface area contributed by atoms with Crippen LogP contribution in [-0.4, -0.2) is 55.9 Å². The van der Waals surface area contributed by atoms with E-state index >= 15 is 0 Å². The lowest BCUT2D eigenvalue weighted by Crippen LogP contribution is -2.42. The molecule has 0 bridgehead atoms. The summed E-state index contributed by atoms with van der Waals surface area (Å²) in [6.45, 7) is 7.21. The summed E-state index contributed by atoms with van der Waals surface area (Å²) in [5.74, 6) is 0. The Kier molecular flexibility index (Phi) is 3.69. The van der Waals surface area contributed by atoms with E-state index in [1.54, 1.807) is 6.33 Å². The maximum absolute atomic E-state index is 4.57. The molecule has 7 heteroatoms. The van der Waals surface area contributed by atoms with Crippen LogP contribution in [0.1, 0.15) is 11.3 Å². The van der Waals surface area contributed by atoms with Gasteiger partial charge in [-0.2, -0.15) is 10.2 Å². The van der Waals surface area contributed by atoms with Crippen LogP contribution in [0.15, 0.2) is 36.8 Å². The van der Waals surface area contributed by atoms with Crippen molar-refractivity contribution in [3.05, 3.63) is 48.0 Å². The Balaban J connectivity index is 1.49. The summed E-state index contributed by atoms with van der Waals surface area (Å²) in [6.07, 6.45) is 3.61. The molecule has 2 N–H and O–H groups in total. The Morgan fingerprint density at radius 3 is 2.88 bits per heavy atom. The highest BCUT2D eigenvalue weighted by Gasteiger charge is 2.14. The first kappa shape index (κ1) is 15.5. The summed E-state index contributed by atoms with van der Waals surface area (Å²) in [7, 11) is 0. The molecular weight excluding hydrogens is 326 g/mol. The van der Waals surface area contributed by atoms with Gasteiger partial charge in [-0.05, 0) is 30.2 Å². The van der Waals surface area contributed by atoms with Crippen molar-refractivity contribution in [2.75, 3.05) is 26.2 Å². The Hall–Kier alpha value is -2.77. The van der Waals surface area contributed by atoms with Crippen LogP contribution in [0.3, 0.4) is 0 Å². The SMILES string of the molecule is Cc1cc(-c2ccc3c(CN4CCNCC4)n[nH]c3c2)cn2ncnc12. The zero-order valence-electron chi connectivity index (χ0n) is 14.7. The van der Waals surface area contributed by atoms with Crippen LogP contribution in [-0.2, 0) is 6.54 Å². The predicted octanol–water partition coefficient (Wildman–Crippen LogP) is 1.99. The molecule has 0 radical (unpaired) electrons. The summed E-state index contributed by atoms with van der Waals surface area (Å²) in [6, 6.07) is 8.66. The van der Waals surface area contributed by atoms with Gasteiger partial charge < -0.3 is 5.32 Å². The molecule has 1 saturated heterocycles. The predicted molar refractivity (Wildman–Crippen MR) is 101 cm³/mol. The molecule has 4 aromatic rings. The highest BCUT2D eigenvalue weighted by molar-refractivity contribution is 5.86. The number of fused-ring (bicyclic) bond motifs is 2. The molecule has 5 rings (SSSR count). The van der Waals surface area contributed by atoms with Crippen molar-refractivity contribution in [2.24, 2.45) is 0 Å². The van der Waals surface area contributed by atoms with Crippen LogP contribution in [0.2, 0.25) is 0 Å². The number of aromatic nitrogens is 5. The van der Waals surface area contributed by atoms with Gasteiger partial charge in [-0.3, -0.25) is 10.00 Å². The van der Waals surface area contributed by atoms with E-state index in [9.17, 15) is 0 Å². The van der Waals surface area contributed by atoms with Crippen LogP contribution in [0, 0.1) is 6.92 Å². The quantitative estimate of drug-likeness (QED) is 0.593. The number of aryl methyl sites for hydroxylation is 1. The molecule has 0 unspecified atom stereocenters. The summed E-state index contributed by atoms with van der Waals surface area (Å²) in [4.78, 5) is 6.73. The lowest BCUT2D eigenvalue weighted by Gasteiger charge is -2.26. The molecule has 0 amide bonds. The minimum atomic E-state index is 0.894. The molecule has 1 aliphatic rings. The molecule has 4 heterocycles. The highest BCUT2D eigenvalue weighted by atomic mass is 15.3. The van der Waals surface area contributed by atoms with Gasteiger partial charge in [0.1, 0.15) is 6.33 Å². The van der Waals surface area contributed by atoms with Gasteiger partial charge in [0.15, 0.2) is 5.65 Å². The molecule has 26 heavy (non-hydrogen) atoms. The van der Waals surface area contributed by atoms with Gasteiger partial charge in [0.05, 0.1) is 11.2 Å². The monoisotopic (exact) mass is 347 g/mol. The van der Waals surface area contributed by atoms with Crippen molar-refractivity contribution in [2.45, 2.75) is 13.5 Å². The number of aromatic amines is 1. The number of pyridine rings is 1. The minimum Gasteiger partial charge on any atom is -0.314 e. The number of hydrogen-bond donors (Lipinski definition) is 2. The van der Waals surface area contributed by atoms with Gasteiger partial charge in [-0.25, -0.2) is 9.50 Å². The number of rotatable bonds is 3. The van der Waals surface area contributed by atoms with Crippen molar-refractivity contribution in [1.29, 1.82) is 0 Å². The fourth-order valence-corrected chi connectivity index (χ4v) is 3.71. The van der Waals surface area contributed by atoms with Crippen molar-refractivity contribution >= 4 is 16.6 Å². The largest absolute Gasteiger partial charge is 0.314 e. The van der Waals surface area contributed by atoms with E-state index < -0.39 is 0 Å². The third-order valence-electron chi connectivity index (χ3n) is 5.12. The molecule has 1 aromatic carbocycles. The van der Waals surface area contributed by atoms with Gasteiger partial charge in [0.2, 0.25) is 0 Å². The first-order valence-electron chi connectivity index (χ1n) is 8.98. The van der Waals surface area contributed by atoms with Crippen molar-refractivity contribution in [3.8, 4) is 11.1 Å². The van der Waals surface area contributed by atoms with E-state index in [2.05, 4.69) is 61.7 Å². The number of piperazine rings is 1. The molecule has 0 spiro atoms. The van der Waals surface area contributed by atoms with Gasteiger partial charge in [-0.1, -0.05) is 12.1 Å². The summed E-state index contributed by atoms with van der Waals surface area (Å²) in [5, 5.41) is 16.6. The molecular formula is C19H21N7. The molecule has 132 valence electrons. The Morgan fingerprint density at radius 1 is 1.12 bits per heavy atom. The number of nitrogens with zero attached hydrogens (tertiary/aromatic N) is 5. The molecule has 1 aliphatic heterocycles. The van der Waals surface area contributed by atoms with Crippen LogP contribution in [0.4, 0.5) is 0 Å². The van der Waals surface area contributed by atoms with Crippen molar-refractivity contribution in [3.63, 3.8) is 0 Å². The van der Waals surface area contributed by atoms with E-state index in [-0.39, 0.29) is 0 Å². The number of nitrogens with one attached hydrogen (secondary N) is 2. The standard InChI is InChI=1S/C19H21N7/c1-13-8-15(10-26-19(13)21-12-22-26)14-2-3-16-17(9-14)23-24-18(16)11-25-6-4-20-5-7-25/h2-3,8-10,12,20H,4-7,11H2,1H3,(H,23,24). The molecule has 1 fully saturated rings. The fraction of sp³-hybridized carbons (Fsp3) is 0.316. The smallest absolute Gasteiger partial charge is 0.158 e. The second-order valence-electron chi connectivity index (χ2n) is 6.90. The number of benzene rings is 1. The second kappa shape index (κ2) is 6.19. The minimum absolute atomic E-state index is 0.894. The maximum Gasteiger partial charge on any atom is 0.158 e. The first-order valence-corrected chi connectivity index (χ1v) is 8.98. The van der Waals surface area contributed by atoms with Gasteiger partial charge in [0.25, 0.3) is 0 Å². The summed E-state index contributed by atoms with van der Waals surface area (Å²) < 4.78 is 1.83. The normalized spacial score (nSPS) is 15.9. The van der Waals surface area contributed by atoms with E-state index in [0.29, 0.717) is 0 Å². The second-order valence-corrected chi connectivity index (χ2v) is 6.90. The lowest BCUT2D eigenvalue weighted by atomic mass is 10.0. The van der Waals surface area contributed by atoms with Gasteiger partial charge in [0, 0.05) is 49.9 Å². The zero-order valence-corrected chi connectivity index (χ0v) is 14.7. The number of hydrogen-bond acceptors (Lipinski definition) is 5. The van der Waals surface area contributed by atoms with E-state index in [0.717, 1.165) is 66.3 Å². The Bertz CT molecular complexity index is 1070. The highest BCUT2D eigenvalue weighted by Crippen LogP contribution is 2.27. The van der Waals surface area contributed by atoms with E-state index in [1.165, 1.54) is 5.39 Å². The van der Waals surface area contributed by atoms with Crippen LogP contribution >= 0.6 is 0 Å².